The lowest BCUT2D eigenvalue weighted by Crippen LogP contribution is -2.14. The average molecular weight is 383 g/mol. The number of rotatable bonds is 4. The first-order valence-electron chi connectivity index (χ1n) is 4.90. The smallest absolute Gasteiger partial charge is 0.136 e. The quantitative estimate of drug-likeness (QED) is 0.644. The molecule has 0 saturated carbocycles. The number of nitrogens with zero attached hydrogens (tertiary/aromatic N) is 1. The van der Waals surface area contributed by atoms with Gasteiger partial charge in [0.2, 0.25) is 0 Å². The molecule has 90 valence electrons. The SMILES string of the molecule is Clc1cc(I)c(CNCc2ccco2)c(Cl)n1. The second-order valence-corrected chi connectivity index (χ2v) is 5.29. The van der Waals surface area contributed by atoms with Gasteiger partial charge in [0, 0.05) is 15.7 Å². The third kappa shape index (κ3) is 3.58. The fourth-order valence-corrected chi connectivity index (χ4v) is 2.95. The van der Waals surface area contributed by atoms with Crippen molar-refractivity contribution in [2.45, 2.75) is 13.1 Å². The highest BCUT2D eigenvalue weighted by molar-refractivity contribution is 14.1. The molecular formula is C11H9Cl2IN2O. The third-order valence-electron chi connectivity index (χ3n) is 2.17. The van der Waals surface area contributed by atoms with Crippen LogP contribution in [0.25, 0.3) is 0 Å². The van der Waals surface area contributed by atoms with Crippen LogP contribution >= 0.6 is 45.8 Å². The number of furan rings is 1. The molecule has 6 heteroatoms. The summed E-state index contributed by atoms with van der Waals surface area (Å²) >= 11 is 14.0. The Morgan fingerprint density at radius 3 is 2.82 bits per heavy atom. The number of halogens is 3. The monoisotopic (exact) mass is 382 g/mol. The van der Waals surface area contributed by atoms with E-state index in [1.165, 1.54) is 0 Å². The van der Waals surface area contributed by atoms with Gasteiger partial charge in [-0.15, -0.1) is 0 Å². The van der Waals surface area contributed by atoms with Crippen LogP contribution in [0.15, 0.2) is 28.9 Å². The highest BCUT2D eigenvalue weighted by atomic mass is 127. The van der Waals surface area contributed by atoms with E-state index in [2.05, 4.69) is 32.9 Å². The predicted octanol–water partition coefficient (Wildman–Crippen LogP) is 3.88. The predicted molar refractivity (Wildman–Crippen MR) is 76.2 cm³/mol. The molecule has 0 fully saturated rings. The molecule has 17 heavy (non-hydrogen) atoms. The highest BCUT2D eigenvalue weighted by Crippen LogP contribution is 2.23. The van der Waals surface area contributed by atoms with E-state index < -0.39 is 0 Å². The van der Waals surface area contributed by atoms with Gasteiger partial charge in [0.05, 0.1) is 12.8 Å². The molecule has 0 bridgehead atoms. The summed E-state index contributed by atoms with van der Waals surface area (Å²) in [6, 6.07) is 5.56. The number of pyridine rings is 1. The van der Waals surface area contributed by atoms with Crippen molar-refractivity contribution in [1.29, 1.82) is 0 Å². The number of nitrogens with one attached hydrogen (secondary N) is 1. The zero-order chi connectivity index (χ0) is 12.3. The Hall–Kier alpha value is -0.300. The summed E-state index contributed by atoms with van der Waals surface area (Å²) in [7, 11) is 0. The van der Waals surface area contributed by atoms with Crippen molar-refractivity contribution in [1.82, 2.24) is 10.3 Å². The largest absolute Gasteiger partial charge is 0.468 e. The standard InChI is InChI=1S/C11H9Cl2IN2O/c12-10-4-9(14)8(11(13)16-10)6-15-5-7-2-1-3-17-7/h1-4,15H,5-6H2. The van der Waals surface area contributed by atoms with Gasteiger partial charge in [0.15, 0.2) is 0 Å². The lowest BCUT2D eigenvalue weighted by Gasteiger charge is -2.07. The van der Waals surface area contributed by atoms with Crippen LogP contribution in [0.1, 0.15) is 11.3 Å². The second kappa shape index (κ2) is 6.04. The summed E-state index contributed by atoms with van der Waals surface area (Å²) < 4.78 is 6.22. The first-order valence-corrected chi connectivity index (χ1v) is 6.74. The van der Waals surface area contributed by atoms with E-state index in [0.717, 1.165) is 14.9 Å². The Morgan fingerprint density at radius 2 is 2.18 bits per heavy atom. The van der Waals surface area contributed by atoms with Gasteiger partial charge in [-0.1, -0.05) is 23.2 Å². The van der Waals surface area contributed by atoms with Crippen molar-refractivity contribution in [3.8, 4) is 0 Å². The van der Waals surface area contributed by atoms with Crippen molar-refractivity contribution in [3.05, 3.63) is 49.7 Å². The zero-order valence-corrected chi connectivity index (χ0v) is 12.4. The molecule has 0 aliphatic rings. The van der Waals surface area contributed by atoms with Crippen molar-refractivity contribution >= 4 is 45.8 Å². The Kier molecular flexibility index (Phi) is 4.67. The number of hydrogen-bond donors (Lipinski definition) is 1. The molecule has 3 nitrogen and oxygen atoms in total. The number of aromatic nitrogens is 1. The molecule has 0 aromatic carbocycles. The molecule has 0 aliphatic heterocycles. The molecule has 0 atom stereocenters. The summed E-state index contributed by atoms with van der Waals surface area (Å²) in [5.41, 5.74) is 0.947. The summed E-state index contributed by atoms with van der Waals surface area (Å²) in [5, 5.41) is 4.09. The molecule has 0 aliphatic carbocycles. The molecule has 0 radical (unpaired) electrons. The minimum Gasteiger partial charge on any atom is -0.468 e. The van der Waals surface area contributed by atoms with Crippen molar-refractivity contribution in [3.63, 3.8) is 0 Å². The van der Waals surface area contributed by atoms with Crippen LogP contribution in [0, 0.1) is 3.57 Å². The zero-order valence-electron chi connectivity index (χ0n) is 8.71. The molecular weight excluding hydrogens is 374 g/mol. The molecule has 0 amide bonds. The maximum atomic E-state index is 6.03. The first kappa shape index (κ1) is 13.1. The van der Waals surface area contributed by atoms with E-state index >= 15 is 0 Å². The van der Waals surface area contributed by atoms with Crippen LogP contribution in [0.2, 0.25) is 10.3 Å². The summed E-state index contributed by atoms with van der Waals surface area (Å²) in [4.78, 5) is 4.01. The molecule has 2 heterocycles. The van der Waals surface area contributed by atoms with Crippen molar-refractivity contribution in [2.75, 3.05) is 0 Å². The molecule has 2 aromatic heterocycles. The first-order chi connectivity index (χ1) is 8.16. The Morgan fingerprint density at radius 1 is 1.35 bits per heavy atom. The summed E-state index contributed by atoms with van der Waals surface area (Å²) in [6.45, 7) is 1.28. The van der Waals surface area contributed by atoms with E-state index in [9.17, 15) is 0 Å². The van der Waals surface area contributed by atoms with Gasteiger partial charge in [-0.25, -0.2) is 4.98 Å². The minimum absolute atomic E-state index is 0.411. The Bertz CT molecular complexity index is 479. The maximum Gasteiger partial charge on any atom is 0.136 e. The van der Waals surface area contributed by atoms with Crippen LogP contribution in [-0.2, 0) is 13.1 Å². The topological polar surface area (TPSA) is 38.1 Å². The minimum atomic E-state index is 0.411. The summed E-state index contributed by atoms with van der Waals surface area (Å²) in [6.07, 6.45) is 1.65. The lowest BCUT2D eigenvalue weighted by atomic mass is 10.3. The van der Waals surface area contributed by atoms with E-state index in [1.807, 2.05) is 12.1 Å². The van der Waals surface area contributed by atoms with Gasteiger partial charge >= 0.3 is 0 Å². The number of hydrogen-bond acceptors (Lipinski definition) is 3. The van der Waals surface area contributed by atoms with Gasteiger partial charge in [-0.2, -0.15) is 0 Å². The normalized spacial score (nSPS) is 10.8. The fourth-order valence-electron chi connectivity index (χ4n) is 1.36. The highest BCUT2D eigenvalue weighted by Gasteiger charge is 2.08. The van der Waals surface area contributed by atoms with E-state index in [0.29, 0.717) is 23.4 Å². The van der Waals surface area contributed by atoms with E-state index in [-0.39, 0.29) is 0 Å². The Balaban J connectivity index is 1.99. The fraction of sp³-hybridized carbons (Fsp3) is 0.182. The third-order valence-corrected chi connectivity index (χ3v) is 3.64. The van der Waals surface area contributed by atoms with Crippen LogP contribution in [-0.4, -0.2) is 4.98 Å². The Labute approximate surface area is 123 Å². The van der Waals surface area contributed by atoms with Crippen LogP contribution in [0.4, 0.5) is 0 Å². The molecule has 1 N–H and O–H groups in total. The van der Waals surface area contributed by atoms with Crippen molar-refractivity contribution < 1.29 is 4.42 Å². The van der Waals surface area contributed by atoms with Gasteiger partial charge in [0.25, 0.3) is 0 Å². The molecule has 2 aromatic rings. The van der Waals surface area contributed by atoms with Crippen molar-refractivity contribution in [2.24, 2.45) is 0 Å². The maximum absolute atomic E-state index is 6.03. The second-order valence-electron chi connectivity index (χ2n) is 3.38. The lowest BCUT2D eigenvalue weighted by molar-refractivity contribution is 0.482. The van der Waals surface area contributed by atoms with Gasteiger partial charge in [-0.05, 0) is 40.8 Å². The van der Waals surface area contributed by atoms with E-state index in [4.69, 9.17) is 27.6 Å². The molecule has 2 rings (SSSR count). The van der Waals surface area contributed by atoms with Crippen LogP contribution < -0.4 is 5.32 Å². The van der Waals surface area contributed by atoms with Crippen LogP contribution in [0.5, 0.6) is 0 Å². The van der Waals surface area contributed by atoms with Gasteiger partial charge in [0.1, 0.15) is 16.1 Å². The molecule has 0 saturated heterocycles. The van der Waals surface area contributed by atoms with Gasteiger partial charge < -0.3 is 9.73 Å². The molecule has 0 spiro atoms. The average Bonchev–Trinajstić information content (AvgIpc) is 2.74. The summed E-state index contributed by atoms with van der Waals surface area (Å²) in [5.74, 6) is 0.887. The van der Waals surface area contributed by atoms with Crippen LogP contribution in [0.3, 0.4) is 0 Å². The van der Waals surface area contributed by atoms with E-state index in [1.54, 1.807) is 12.3 Å². The molecule has 0 unspecified atom stereocenters. The van der Waals surface area contributed by atoms with Gasteiger partial charge in [-0.3, -0.25) is 0 Å².